The molecule has 104 valence electrons. The van der Waals surface area contributed by atoms with Gasteiger partial charge in [-0.3, -0.25) is 10.1 Å². The van der Waals surface area contributed by atoms with E-state index < -0.39 is 4.92 Å². The molecule has 0 N–H and O–H groups in total. The monoisotopic (exact) mass is 399 g/mol. The van der Waals surface area contributed by atoms with Crippen LogP contribution in [0.2, 0.25) is 0 Å². The fraction of sp³-hybridized carbons (Fsp3) is 0.143. The molecule has 0 atom stereocenters. The van der Waals surface area contributed by atoms with E-state index in [1.165, 1.54) is 12.1 Å². The van der Waals surface area contributed by atoms with Crippen LogP contribution in [-0.2, 0) is 11.9 Å². The van der Waals surface area contributed by atoms with Crippen molar-refractivity contribution in [2.45, 2.75) is 11.9 Å². The lowest BCUT2D eigenvalue weighted by atomic mass is 10.2. The number of alkyl halides is 1. The van der Waals surface area contributed by atoms with E-state index in [0.717, 1.165) is 26.7 Å². The highest BCUT2D eigenvalue weighted by Crippen LogP contribution is 2.27. The number of nitro benzene ring substituents is 1. The van der Waals surface area contributed by atoms with Crippen molar-refractivity contribution in [1.82, 2.24) is 0 Å². The summed E-state index contributed by atoms with van der Waals surface area (Å²) in [5.74, 6) is 0.744. The van der Waals surface area contributed by atoms with E-state index in [4.69, 9.17) is 4.74 Å². The predicted molar refractivity (Wildman–Crippen MR) is 84.2 cm³/mol. The summed E-state index contributed by atoms with van der Waals surface area (Å²) in [5, 5.41) is 11.3. The molecule has 0 bridgehead atoms. The second-order valence-electron chi connectivity index (χ2n) is 4.11. The lowest BCUT2D eigenvalue weighted by molar-refractivity contribution is -0.384. The minimum absolute atomic E-state index is 0.0802. The highest BCUT2D eigenvalue weighted by molar-refractivity contribution is 9.10. The summed E-state index contributed by atoms with van der Waals surface area (Å²) in [6, 6.07) is 12.2. The third-order valence-corrected chi connectivity index (χ3v) is 3.96. The highest BCUT2D eigenvalue weighted by atomic mass is 79.9. The van der Waals surface area contributed by atoms with Gasteiger partial charge < -0.3 is 4.74 Å². The minimum Gasteiger partial charge on any atom is -0.488 e. The Morgan fingerprint density at radius 2 is 1.75 bits per heavy atom. The zero-order chi connectivity index (χ0) is 14.5. The van der Waals surface area contributed by atoms with Crippen LogP contribution in [0.5, 0.6) is 5.75 Å². The normalized spacial score (nSPS) is 10.3. The van der Waals surface area contributed by atoms with Gasteiger partial charge in [0.05, 0.1) is 9.40 Å². The van der Waals surface area contributed by atoms with E-state index in [1.807, 2.05) is 18.2 Å². The lowest BCUT2D eigenvalue weighted by Crippen LogP contribution is -1.97. The Kier molecular flexibility index (Phi) is 5.14. The van der Waals surface area contributed by atoms with Crippen LogP contribution < -0.4 is 4.74 Å². The largest absolute Gasteiger partial charge is 0.488 e. The molecular formula is C14H11Br2NO3. The molecule has 0 aliphatic rings. The summed E-state index contributed by atoms with van der Waals surface area (Å²) in [6.07, 6.45) is 0. The van der Waals surface area contributed by atoms with Crippen LogP contribution in [0.1, 0.15) is 11.1 Å². The molecule has 0 fully saturated rings. The van der Waals surface area contributed by atoms with Crippen molar-refractivity contribution in [3.8, 4) is 5.75 Å². The van der Waals surface area contributed by atoms with E-state index >= 15 is 0 Å². The van der Waals surface area contributed by atoms with Gasteiger partial charge in [0.1, 0.15) is 12.4 Å². The first-order valence-electron chi connectivity index (χ1n) is 5.80. The second kappa shape index (κ2) is 6.85. The zero-order valence-electron chi connectivity index (χ0n) is 10.4. The molecule has 4 nitrogen and oxygen atoms in total. The minimum atomic E-state index is -0.416. The molecule has 6 heteroatoms. The van der Waals surface area contributed by atoms with Crippen LogP contribution in [-0.4, -0.2) is 4.92 Å². The number of hydrogen-bond acceptors (Lipinski definition) is 3. The summed E-state index contributed by atoms with van der Waals surface area (Å²) in [6.45, 7) is 0.365. The first-order valence-corrected chi connectivity index (χ1v) is 7.72. The van der Waals surface area contributed by atoms with Crippen molar-refractivity contribution in [3.63, 3.8) is 0 Å². The summed E-state index contributed by atoms with van der Waals surface area (Å²) in [4.78, 5) is 10.1. The van der Waals surface area contributed by atoms with Crippen LogP contribution in [0.3, 0.4) is 0 Å². The predicted octanol–water partition coefficient (Wildman–Crippen LogP) is 4.83. The molecule has 2 aromatic rings. The summed E-state index contributed by atoms with van der Waals surface area (Å²) < 4.78 is 6.58. The maximum atomic E-state index is 10.6. The lowest BCUT2D eigenvalue weighted by Gasteiger charge is -2.09. The fourth-order valence-electron chi connectivity index (χ4n) is 1.62. The molecule has 0 aliphatic carbocycles. The molecule has 0 radical (unpaired) electrons. The smallest absolute Gasteiger partial charge is 0.269 e. The molecule has 0 amide bonds. The summed E-state index contributed by atoms with van der Waals surface area (Å²) in [5.41, 5.74) is 2.11. The Morgan fingerprint density at radius 1 is 1.10 bits per heavy atom. The third kappa shape index (κ3) is 3.80. The van der Waals surface area contributed by atoms with Crippen molar-refractivity contribution >= 4 is 37.5 Å². The van der Waals surface area contributed by atoms with Gasteiger partial charge in [0.2, 0.25) is 0 Å². The Hall–Kier alpha value is -1.40. The Labute approximate surface area is 133 Å². The maximum Gasteiger partial charge on any atom is 0.269 e. The van der Waals surface area contributed by atoms with Crippen LogP contribution in [0.25, 0.3) is 0 Å². The Balaban J connectivity index is 2.03. The van der Waals surface area contributed by atoms with Gasteiger partial charge in [-0.05, 0) is 51.3 Å². The standard InChI is InChI=1S/C14H11Br2NO3/c15-8-11-3-6-14(13(16)7-11)20-9-10-1-4-12(5-2-10)17(18)19/h1-7H,8-9H2. The molecule has 0 aromatic heterocycles. The quantitative estimate of drug-likeness (QED) is 0.410. The SMILES string of the molecule is O=[N+]([O-])c1ccc(COc2ccc(CBr)cc2Br)cc1. The molecular weight excluding hydrogens is 390 g/mol. The maximum absolute atomic E-state index is 10.6. The number of nitro groups is 1. The van der Waals surface area contributed by atoms with Gasteiger partial charge >= 0.3 is 0 Å². The first-order chi connectivity index (χ1) is 9.60. The van der Waals surface area contributed by atoms with Crippen molar-refractivity contribution in [3.05, 3.63) is 68.2 Å². The third-order valence-electron chi connectivity index (χ3n) is 2.69. The highest BCUT2D eigenvalue weighted by Gasteiger charge is 2.06. The van der Waals surface area contributed by atoms with Crippen molar-refractivity contribution in [1.29, 1.82) is 0 Å². The van der Waals surface area contributed by atoms with E-state index in [-0.39, 0.29) is 5.69 Å². The summed E-state index contributed by atoms with van der Waals surface area (Å²) in [7, 11) is 0. The van der Waals surface area contributed by atoms with Gasteiger partial charge in [0, 0.05) is 17.5 Å². The average Bonchev–Trinajstić information content (AvgIpc) is 2.46. The molecule has 0 aliphatic heterocycles. The van der Waals surface area contributed by atoms with Crippen LogP contribution in [0, 0.1) is 10.1 Å². The number of non-ortho nitro benzene ring substituents is 1. The number of ether oxygens (including phenoxy) is 1. The van der Waals surface area contributed by atoms with Crippen LogP contribution in [0.4, 0.5) is 5.69 Å². The molecule has 2 aromatic carbocycles. The van der Waals surface area contributed by atoms with Crippen LogP contribution in [0.15, 0.2) is 46.9 Å². The number of hydrogen-bond donors (Lipinski definition) is 0. The average molecular weight is 401 g/mol. The second-order valence-corrected chi connectivity index (χ2v) is 5.53. The molecule has 2 rings (SSSR count). The number of halogens is 2. The topological polar surface area (TPSA) is 52.4 Å². The van der Waals surface area contributed by atoms with Gasteiger partial charge in [-0.15, -0.1) is 0 Å². The summed E-state index contributed by atoms with van der Waals surface area (Å²) >= 11 is 6.85. The number of nitrogens with zero attached hydrogens (tertiary/aromatic N) is 1. The van der Waals surface area contributed by atoms with Gasteiger partial charge in [0.25, 0.3) is 5.69 Å². The molecule has 0 heterocycles. The van der Waals surface area contributed by atoms with Gasteiger partial charge in [0.15, 0.2) is 0 Å². The van der Waals surface area contributed by atoms with Crippen molar-refractivity contribution in [2.75, 3.05) is 0 Å². The van der Waals surface area contributed by atoms with Gasteiger partial charge in [-0.25, -0.2) is 0 Å². The van der Waals surface area contributed by atoms with Crippen molar-refractivity contribution < 1.29 is 9.66 Å². The van der Waals surface area contributed by atoms with Crippen LogP contribution >= 0.6 is 31.9 Å². The zero-order valence-corrected chi connectivity index (χ0v) is 13.6. The Morgan fingerprint density at radius 3 is 2.30 bits per heavy atom. The van der Waals surface area contributed by atoms with E-state index in [1.54, 1.807) is 12.1 Å². The van der Waals surface area contributed by atoms with E-state index in [0.29, 0.717) is 6.61 Å². The van der Waals surface area contributed by atoms with Gasteiger partial charge in [-0.1, -0.05) is 22.0 Å². The molecule has 0 unspecified atom stereocenters. The molecule has 0 saturated carbocycles. The molecule has 0 spiro atoms. The van der Waals surface area contributed by atoms with Gasteiger partial charge in [-0.2, -0.15) is 0 Å². The Bertz CT molecular complexity index is 614. The molecule has 20 heavy (non-hydrogen) atoms. The van der Waals surface area contributed by atoms with Crippen molar-refractivity contribution in [2.24, 2.45) is 0 Å². The fourth-order valence-corrected chi connectivity index (χ4v) is 2.51. The molecule has 0 saturated heterocycles. The van der Waals surface area contributed by atoms with E-state index in [9.17, 15) is 10.1 Å². The first kappa shape index (κ1) is 15.0. The number of rotatable bonds is 5. The van der Waals surface area contributed by atoms with E-state index in [2.05, 4.69) is 31.9 Å². The number of benzene rings is 2.